The van der Waals surface area contributed by atoms with Gasteiger partial charge in [0.25, 0.3) is 0 Å². The molecule has 0 bridgehead atoms. The van der Waals surface area contributed by atoms with E-state index in [4.69, 9.17) is 5.73 Å². The molecule has 0 amide bonds. The van der Waals surface area contributed by atoms with Crippen LogP contribution in [0.15, 0.2) is 10.7 Å². The van der Waals surface area contributed by atoms with Crippen LogP contribution >= 0.6 is 15.9 Å². The summed E-state index contributed by atoms with van der Waals surface area (Å²) in [7, 11) is -1.17. The molecule has 0 fully saturated rings. The van der Waals surface area contributed by atoms with Gasteiger partial charge in [0.05, 0.1) is 22.1 Å². The lowest BCUT2D eigenvalue weighted by atomic mass is 10.2. The fourth-order valence-electron chi connectivity index (χ4n) is 1.25. The summed E-state index contributed by atoms with van der Waals surface area (Å²) in [5, 5.41) is 0. The standard InChI is InChI=1S/C10H16BrN3O2S/c1-7-8(12)6-13-10(9(7)11)14(2)4-5-17(3,15)16/h6H,4-5,12H2,1-3H3. The summed E-state index contributed by atoms with van der Waals surface area (Å²) in [6.45, 7) is 2.28. The molecule has 0 saturated carbocycles. The van der Waals surface area contributed by atoms with Crippen LogP contribution in [-0.2, 0) is 9.84 Å². The Hall–Kier alpha value is -0.820. The number of hydrogen-bond acceptors (Lipinski definition) is 5. The predicted molar refractivity (Wildman–Crippen MR) is 74.1 cm³/mol. The molecule has 0 atom stereocenters. The van der Waals surface area contributed by atoms with Gasteiger partial charge in [-0.15, -0.1) is 0 Å². The zero-order valence-electron chi connectivity index (χ0n) is 10.1. The number of anilines is 2. The summed E-state index contributed by atoms with van der Waals surface area (Å²) in [5.74, 6) is 0.793. The zero-order valence-corrected chi connectivity index (χ0v) is 12.5. The van der Waals surface area contributed by atoms with Crippen molar-refractivity contribution in [2.24, 2.45) is 0 Å². The lowest BCUT2D eigenvalue weighted by molar-refractivity contribution is 0.601. The topological polar surface area (TPSA) is 76.3 Å². The van der Waals surface area contributed by atoms with Crippen LogP contribution in [0, 0.1) is 6.92 Å². The third-order valence-corrected chi connectivity index (χ3v) is 4.32. The molecule has 0 saturated heterocycles. The molecule has 0 aliphatic rings. The molecule has 0 radical (unpaired) electrons. The van der Waals surface area contributed by atoms with E-state index in [2.05, 4.69) is 20.9 Å². The number of pyridine rings is 1. The second kappa shape index (κ2) is 5.22. The minimum Gasteiger partial charge on any atom is -0.397 e. The highest BCUT2D eigenvalue weighted by Gasteiger charge is 2.13. The highest BCUT2D eigenvalue weighted by molar-refractivity contribution is 9.10. The van der Waals surface area contributed by atoms with Gasteiger partial charge in [0.1, 0.15) is 15.7 Å². The SMILES string of the molecule is Cc1c(N)cnc(N(C)CCS(C)(=O)=O)c1Br. The van der Waals surface area contributed by atoms with Gasteiger partial charge in [-0.3, -0.25) is 0 Å². The minimum atomic E-state index is -2.97. The third-order valence-electron chi connectivity index (χ3n) is 2.44. The number of sulfone groups is 1. The third kappa shape index (κ3) is 3.85. The first-order valence-electron chi connectivity index (χ1n) is 5.02. The second-order valence-electron chi connectivity index (χ2n) is 4.03. The maximum atomic E-state index is 11.1. The van der Waals surface area contributed by atoms with Crippen molar-refractivity contribution in [3.05, 3.63) is 16.2 Å². The molecular weight excluding hydrogens is 306 g/mol. The Morgan fingerprint density at radius 3 is 2.65 bits per heavy atom. The van der Waals surface area contributed by atoms with E-state index in [-0.39, 0.29) is 5.75 Å². The summed E-state index contributed by atoms with van der Waals surface area (Å²) in [6.07, 6.45) is 2.80. The van der Waals surface area contributed by atoms with Crippen LogP contribution in [0.2, 0.25) is 0 Å². The maximum Gasteiger partial charge on any atom is 0.149 e. The summed E-state index contributed by atoms with van der Waals surface area (Å²) in [5.41, 5.74) is 7.24. The van der Waals surface area contributed by atoms with Crippen molar-refractivity contribution < 1.29 is 8.42 Å². The van der Waals surface area contributed by atoms with Gasteiger partial charge in [0, 0.05) is 19.8 Å². The van der Waals surface area contributed by atoms with Gasteiger partial charge in [-0.2, -0.15) is 0 Å². The molecule has 2 N–H and O–H groups in total. The highest BCUT2D eigenvalue weighted by Crippen LogP contribution is 2.29. The van der Waals surface area contributed by atoms with Crippen molar-refractivity contribution in [1.82, 2.24) is 4.98 Å². The summed E-state index contributed by atoms with van der Waals surface area (Å²) in [4.78, 5) is 5.99. The van der Waals surface area contributed by atoms with Gasteiger partial charge in [0.2, 0.25) is 0 Å². The van der Waals surface area contributed by atoms with Crippen LogP contribution in [-0.4, -0.2) is 39.0 Å². The Morgan fingerprint density at radius 1 is 1.53 bits per heavy atom. The average Bonchev–Trinajstić information content (AvgIpc) is 2.22. The van der Waals surface area contributed by atoms with Gasteiger partial charge in [0.15, 0.2) is 0 Å². The summed E-state index contributed by atoms with van der Waals surface area (Å²) < 4.78 is 23.0. The number of nitrogens with zero attached hydrogens (tertiary/aromatic N) is 2. The van der Waals surface area contributed by atoms with Crippen LogP contribution in [0.3, 0.4) is 0 Å². The first kappa shape index (κ1) is 14.2. The van der Waals surface area contributed by atoms with Crippen molar-refractivity contribution in [1.29, 1.82) is 0 Å². The molecule has 7 heteroatoms. The fourth-order valence-corrected chi connectivity index (χ4v) is 2.49. The Kier molecular flexibility index (Phi) is 4.37. The monoisotopic (exact) mass is 321 g/mol. The molecule has 0 aromatic carbocycles. The molecule has 5 nitrogen and oxygen atoms in total. The first-order valence-corrected chi connectivity index (χ1v) is 7.87. The molecule has 1 rings (SSSR count). The van der Waals surface area contributed by atoms with Gasteiger partial charge >= 0.3 is 0 Å². The largest absolute Gasteiger partial charge is 0.397 e. The van der Waals surface area contributed by atoms with Crippen LogP contribution in [0.25, 0.3) is 0 Å². The van der Waals surface area contributed by atoms with E-state index < -0.39 is 9.84 Å². The summed E-state index contributed by atoms with van der Waals surface area (Å²) in [6, 6.07) is 0. The predicted octanol–water partition coefficient (Wildman–Crippen LogP) is 1.22. The Labute approximate surface area is 110 Å². The molecule has 0 spiro atoms. The van der Waals surface area contributed by atoms with Gasteiger partial charge in [-0.05, 0) is 28.4 Å². The van der Waals surface area contributed by atoms with E-state index in [9.17, 15) is 8.42 Å². The molecule has 1 aromatic rings. The van der Waals surface area contributed by atoms with E-state index in [1.54, 1.807) is 18.1 Å². The fraction of sp³-hybridized carbons (Fsp3) is 0.500. The Morgan fingerprint density at radius 2 is 2.12 bits per heavy atom. The lowest BCUT2D eigenvalue weighted by Gasteiger charge is -2.20. The van der Waals surface area contributed by atoms with Crippen molar-refractivity contribution in [2.75, 3.05) is 36.2 Å². The van der Waals surface area contributed by atoms with E-state index in [0.29, 0.717) is 18.1 Å². The molecule has 17 heavy (non-hydrogen) atoms. The Bertz CT molecular complexity index is 517. The van der Waals surface area contributed by atoms with Crippen molar-refractivity contribution in [2.45, 2.75) is 6.92 Å². The van der Waals surface area contributed by atoms with Crippen molar-refractivity contribution in [3.8, 4) is 0 Å². The number of aromatic nitrogens is 1. The van der Waals surface area contributed by atoms with Gasteiger partial charge < -0.3 is 10.6 Å². The summed E-state index contributed by atoms with van der Waals surface area (Å²) >= 11 is 3.42. The van der Waals surface area contributed by atoms with E-state index in [1.807, 2.05) is 6.92 Å². The lowest BCUT2D eigenvalue weighted by Crippen LogP contribution is -2.26. The van der Waals surface area contributed by atoms with Crippen LogP contribution < -0.4 is 10.6 Å². The minimum absolute atomic E-state index is 0.0983. The van der Waals surface area contributed by atoms with Crippen LogP contribution in [0.1, 0.15) is 5.56 Å². The number of hydrogen-bond donors (Lipinski definition) is 1. The quantitative estimate of drug-likeness (QED) is 0.902. The maximum absolute atomic E-state index is 11.1. The number of rotatable bonds is 4. The molecule has 0 unspecified atom stereocenters. The molecule has 0 aliphatic carbocycles. The van der Waals surface area contributed by atoms with Crippen molar-refractivity contribution >= 4 is 37.3 Å². The highest BCUT2D eigenvalue weighted by atomic mass is 79.9. The number of nitrogens with two attached hydrogens (primary N) is 1. The smallest absolute Gasteiger partial charge is 0.149 e. The van der Waals surface area contributed by atoms with E-state index in [0.717, 1.165) is 10.0 Å². The molecule has 96 valence electrons. The number of halogens is 1. The first-order chi connectivity index (χ1) is 7.72. The van der Waals surface area contributed by atoms with E-state index in [1.165, 1.54) is 6.26 Å². The van der Waals surface area contributed by atoms with Crippen LogP contribution in [0.4, 0.5) is 11.5 Å². The van der Waals surface area contributed by atoms with E-state index >= 15 is 0 Å². The molecule has 0 aliphatic heterocycles. The molecule has 1 heterocycles. The Balaban J connectivity index is 2.90. The number of nitrogen functional groups attached to an aromatic ring is 1. The molecule has 1 aromatic heterocycles. The van der Waals surface area contributed by atoms with Gasteiger partial charge in [-0.1, -0.05) is 0 Å². The average molecular weight is 322 g/mol. The zero-order chi connectivity index (χ0) is 13.2. The second-order valence-corrected chi connectivity index (χ2v) is 7.08. The normalized spacial score (nSPS) is 11.5. The van der Waals surface area contributed by atoms with Crippen LogP contribution in [0.5, 0.6) is 0 Å². The van der Waals surface area contributed by atoms with Crippen molar-refractivity contribution in [3.63, 3.8) is 0 Å². The molecular formula is C10H16BrN3O2S. The van der Waals surface area contributed by atoms with Gasteiger partial charge in [-0.25, -0.2) is 13.4 Å².